The second-order valence-corrected chi connectivity index (χ2v) is 8.09. The van der Waals surface area contributed by atoms with Gasteiger partial charge in [-0.1, -0.05) is 6.07 Å². The number of carbonyl (C=O) groups is 1. The van der Waals surface area contributed by atoms with Crippen molar-refractivity contribution in [3.05, 3.63) is 77.4 Å². The lowest BCUT2D eigenvalue weighted by atomic mass is 10.1. The van der Waals surface area contributed by atoms with E-state index in [0.29, 0.717) is 28.1 Å². The van der Waals surface area contributed by atoms with E-state index < -0.39 is 23.7 Å². The fraction of sp³-hybridized carbons (Fsp3) is 0.174. The zero-order valence-electron chi connectivity index (χ0n) is 18.6. The van der Waals surface area contributed by atoms with Gasteiger partial charge >= 0.3 is 0 Å². The number of amides is 1. The van der Waals surface area contributed by atoms with Crippen molar-refractivity contribution < 1.29 is 14.6 Å². The summed E-state index contributed by atoms with van der Waals surface area (Å²) in [4.78, 5) is 34.4. The molecule has 36 heavy (non-hydrogen) atoms. The fourth-order valence-corrected chi connectivity index (χ4v) is 4.11. The van der Waals surface area contributed by atoms with Crippen LogP contribution in [0.4, 0.5) is 5.82 Å². The average Bonchev–Trinajstić information content (AvgIpc) is 3.62. The molecule has 0 spiro atoms. The molecule has 13 nitrogen and oxygen atoms in total. The number of nitrogens with zero attached hydrogens (tertiary/aromatic N) is 7. The maximum atomic E-state index is 13.3. The molecule has 6 rings (SSSR count). The summed E-state index contributed by atoms with van der Waals surface area (Å²) in [5, 5.41) is 30.2. The highest BCUT2D eigenvalue weighted by Crippen LogP contribution is 2.26. The van der Waals surface area contributed by atoms with Crippen LogP contribution in [-0.2, 0) is 9.53 Å². The number of hydrogen-bond acceptors (Lipinski definition) is 9. The smallest absolute Gasteiger partial charge is 0.280 e. The molecule has 4 aromatic heterocycles. The highest BCUT2D eigenvalue weighted by Gasteiger charge is 2.38. The number of hydrogen-bond donors (Lipinski definition) is 3. The first-order valence-electron chi connectivity index (χ1n) is 11.1. The summed E-state index contributed by atoms with van der Waals surface area (Å²) in [6.45, 7) is 0.424. The zero-order valence-corrected chi connectivity index (χ0v) is 18.6. The summed E-state index contributed by atoms with van der Waals surface area (Å²) in [5.74, 6) is -0.166. The fourth-order valence-electron chi connectivity index (χ4n) is 4.11. The molecule has 5 heterocycles. The summed E-state index contributed by atoms with van der Waals surface area (Å²) in [6, 6.07) is 10.4. The Kier molecular flexibility index (Phi) is 5.32. The van der Waals surface area contributed by atoms with Gasteiger partial charge in [-0.05, 0) is 24.3 Å². The van der Waals surface area contributed by atoms with Crippen LogP contribution in [0.5, 0.6) is 0 Å². The summed E-state index contributed by atoms with van der Waals surface area (Å²) in [5.41, 5.74) is 2.03. The maximum absolute atomic E-state index is 13.3. The molecule has 1 aromatic carbocycles. The molecular weight excluding hydrogens is 466 g/mol. The highest BCUT2D eigenvalue weighted by molar-refractivity contribution is 5.97. The van der Waals surface area contributed by atoms with Gasteiger partial charge in [0.1, 0.15) is 11.9 Å². The molecule has 2 atom stereocenters. The summed E-state index contributed by atoms with van der Waals surface area (Å²) in [7, 11) is 0. The largest absolute Gasteiger partial charge is 0.382 e. The van der Waals surface area contributed by atoms with Gasteiger partial charge in [0, 0.05) is 24.0 Å². The Bertz CT molecular complexity index is 1600. The Morgan fingerprint density at radius 1 is 1.14 bits per heavy atom. The number of aromatic amines is 2. The molecule has 0 saturated carbocycles. The molecule has 0 aliphatic carbocycles. The Hall–Kier alpha value is -4.75. The minimum atomic E-state index is -1.49. The molecule has 2 unspecified atom stereocenters. The Balaban J connectivity index is 1.27. The van der Waals surface area contributed by atoms with Crippen molar-refractivity contribution >= 4 is 22.6 Å². The van der Waals surface area contributed by atoms with Gasteiger partial charge in [0.25, 0.3) is 11.5 Å². The molecule has 1 fully saturated rings. The molecule has 3 N–H and O–H groups in total. The van der Waals surface area contributed by atoms with Crippen LogP contribution in [0.25, 0.3) is 27.8 Å². The Morgan fingerprint density at radius 3 is 2.86 bits per heavy atom. The normalized spacial score (nSPS) is 17.0. The van der Waals surface area contributed by atoms with Crippen LogP contribution < -0.4 is 10.5 Å². The number of morpholine rings is 1. The van der Waals surface area contributed by atoms with Gasteiger partial charge in [-0.3, -0.25) is 19.6 Å². The van der Waals surface area contributed by atoms with E-state index in [2.05, 4.69) is 35.5 Å². The number of ether oxygens (including phenoxy) is 1. The summed E-state index contributed by atoms with van der Waals surface area (Å²) < 4.78 is 7.17. The first kappa shape index (κ1) is 21.8. The van der Waals surface area contributed by atoms with E-state index in [4.69, 9.17) is 4.74 Å². The number of anilines is 1. The van der Waals surface area contributed by atoms with Gasteiger partial charge in [0.2, 0.25) is 0 Å². The van der Waals surface area contributed by atoms with Crippen LogP contribution in [0.15, 0.2) is 66.0 Å². The van der Waals surface area contributed by atoms with Crippen molar-refractivity contribution in [3.8, 4) is 16.9 Å². The van der Waals surface area contributed by atoms with Crippen LogP contribution in [0.3, 0.4) is 0 Å². The van der Waals surface area contributed by atoms with Crippen molar-refractivity contribution in [1.82, 2.24) is 40.1 Å². The molecule has 180 valence electrons. The van der Waals surface area contributed by atoms with Gasteiger partial charge in [0.05, 0.1) is 47.8 Å². The number of rotatable bonds is 5. The van der Waals surface area contributed by atoms with Crippen LogP contribution >= 0.6 is 0 Å². The van der Waals surface area contributed by atoms with Gasteiger partial charge < -0.3 is 14.8 Å². The van der Waals surface area contributed by atoms with E-state index in [1.807, 2.05) is 0 Å². The SMILES string of the molecule is O=C1C(C(O)c2nc(=O)c3cc(-c4cc[nH]n4)ccc3[nH]2)OCCN1c1ccn(-c2ccnnc2)n1. The second kappa shape index (κ2) is 8.79. The predicted octanol–water partition coefficient (Wildman–Crippen LogP) is 0.754. The molecule has 13 heteroatoms. The van der Waals surface area contributed by atoms with E-state index in [0.717, 1.165) is 5.56 Å². The van der Waals surface area contributed by atoms with Crippen LogP contribution in [0.1, 0.15) is 11.9 Å². The van der Waals surface area contributed by atoms with Crippen LogP contribution in [0.2, 0.25) is 0 Å². The standard InChI is InChI=1S/C23H19N9O4/c33-19(21-27-17-2-1-13(16-4-7-25-29-16)11-15(17)22(34)28-21)20-23(35)31(9-10-36-20)18-5-8-32(30-18)14-3-6-24-26-12-14/h1-8,11-12,19-20,33H,9-10H2,(H,25,29)(H,27,28,34). The molecule has 0 radical (unpaired) electrons. The van der Waals surface area contributed by atoms with Gasteiger partial charge in [-0.25, -0.2) is 4.68 Å². The van der Waals surface area contributed by atoms with Crippen molar-refractivity contribution in [2.45, 2.75) is 12.2 Å². The summed E-state index contributed by atoms with van der Waals surface area (Å²) >= 11 is 0. The molecule has 1 saturated heterocycles. The van der Waals surface area contributed by atoms with Crippen molar-refractivity contribution in [3.63, 3.8) is 0 Å². The number of nitrogens with one attached hydrogen (secondary N) is 2. The first-order chi connectivity index (χ1) is 17.6. The van der Waals surface area contributed by atoms with Crippen molar-refractivity contribution in [2.75, 3.05) is 18.1 Å². The second-order valence-electron chi connectivity index (χ2n) is 8.09. The molecule has 1 aliphatic heterocycles. The monoisotopic (exact) mass is 485 g/mol. The topological polar surface area (TPSA) is 168 Å². The molecule has 1 amide bonds. The zero-order chi connectivity index (χ0) is 24.6. The first-order valence-corrected chi connectivity index (χ1v) is 11.1. The quantitative estimate of drug-likeness (QED) is 0.325. The highest BCUT2D eigenvalue weighted by atomic mass is 16.5. The van der Waals surface area contributed by atoms with E-state index in [1.54, 1.807) is 59.7 Å². The molecule has 0 bridgehead atoms. The number of aliphatic hydroxyl groups is 1. The van der Waals surface area contributed by atoms with E-state index in [1.165, 1.54) is 11.1 Å². The van der Waals surface area contributed by atoms with Gasteiger partial charge in [0.15, 0.2) is 11.9 Å². The van der Waals surface area contributed by atoms with Gasteiger partial charge in [-0.2, -0.15) is 20.3 Å². The number of fused-ring (bicyclic) bond motifs is 1. The van der Waals surface area contributed by atoms with E-state index in [-0.39, 0.29) is 19.0 Å². The number of aliphatic hydroxyl groups excluding tert-OH is 1. The lowest BCUT2D eigenvalue weighted by Crippen LogP contribution is -2.50. The minimum Gasteiger partial charge on any atom is -0.382 e. The van der Waals surface area contributed by atoms with E-state index in [9.17, 15) is 14.7 Å². The van der Waals surface area contributed by atoms with Crippen LogP contribution in [0, 0.1) is 0 Å². The molecule has 5 aromatic rings. The van der Waals surface area contributed by atoms with Crippen LogP contribution in [-0.4, -0.2) is 70.4 Å². The Morgan fingerprint density at radius 2 is 2.06 bits per heavy atom. The lowest BCUT2D eigenvalue weighted by Gasteiger charge is -2.32. The Labute approximate surface area is 202 Å². The molecular formula is C23H19N9O4. The number of carbonyl (C=O) groups excluding carboxylic acids is 1. The summed E-state index contributed by atoms with van der Waals surface area (Å²) in [6.07, 6.45) is 3.71. The van der Waals surface area contributed by atoms with Gasteiger partial charge in [-0.15, -0.1) is 5.10 Å². The van der Waals surface area contributed by atoms with Crippen molar-refractivity contribution in [1.29, 1.82) is 0 Å². The lowest BCUT2D eigenvalue weighted by molar-refractivity contribution is -0.143. The number of benzene rings is 1. The third kappa shape index (κ3) is 3.81. The third-order valence-corrected chi connectivity index (χ3v) is 5.90. The minimum absolute atomic E-state index is 0.0615. The maximum Gasteiger partial charge on any atom is 0.280 e. The number of H-pyrrole nitrogens is 2. The molecule has 1 aliphatic rings. The average molecular weight is 485 g/mol. The number of aromatic nitrogens is 8. The van der Waals surface area contributed by atoms with E-state index >= 15 is 0 Å². The van der Waals surface area contributed by atoms with Crippen molar-refractivity contribution in [2.24, 2.45) is 0 Å². The predicted molar refractivity (Wildman–Crippen MR) is 126 cm³/mol. The third-order valence-electron chi connectivity index (χ3n) is 5.90.